The largest absolute Gasteiger partial charge is 0.447 e. The highest BCUT2D eigenvalue weighted by atomic mass is 79.9. The molecule has 0 spiro atoms. The number of alkyl halides is 2. The molecule has 94 valence electrons. The average molecular weight is 379 g/mol. The number of hydrogen-bond donors (Lipinski definition) is 1. The number of amides is 1. The van der Waals surface area contributed by atoms with Crippen molar-refractivity contribution in [2.24, 2.45) is 0 Å². The maximum absolute atomic E-state index is 11.3. The van der Waals surface area contributed by atoms with Crippen LogP contribution in [0.25, 0.3) is 0 Å². The maximum Gasteiger partial charge on any atom is 0.407 e. The Balaban J connectivity index is 2.45. The van der Waals surface area contributed by atoms with E-state index in [0.717, 1.165) is 0 Å². The molecule has 16 heavy (non-hydrogen) atoms. The summed E-state index contributed by atoms with van der Waals surface area (Å²) in [6, 6.07) is 0. The minimum atomic E-state index is -3.02. The third kappa shape index (κ3) is 4.58. The Morgan fingerprint density at radius 3 is 2.62 bits per heavy atom. The maximum atomic E-state index is 11.3. The van der Waals surface area contributed by atoms with Crippen LogP contribution in [0.5, 0.6) is 0 Å². The van der Waals surface area contributed by atoms with Gasteiger partial charge >= 0.3 is 6.09 Å². The molecule has 1 N–H and O–H groups in total. The van der Waals surface area contributed by atoms with Gasteiger partial charge in [0.05, 0.1) is 17.0 Å². The molecule has 1 unspecified atom stereocenters. The standard InChI is InChI=1S/C8H13Br2NO4S/c1-8(2-3-16(13,14)5-8)11-7(12)15-4-6(9)10/h6H,2-5H2,1H3,(H,11,12). The van der Waals surface area contributed by atoms with Crippen molar-refractivity contribution in [2.45, 2.75) is 22.6 Å². The van der Waals surface area contributed by atoms with Crippen LogP contribution in [-0.2, 0) is 14.6 Å². The summed E-state index contributed by atoms with van der Waals surface area (Å²) in [6.07, 6.45) is -0.167. The highest BCUT2D eigenvalue weighted by Gasteiger charge is 2.39. The molecule has 5 nitrogen and oxygen atoms in total. The molecule has 1 saturated heterocycles. The third-order valence-corrected chi connectivity index (χ3v) is 4.68. The molecular weight excluding hydrogens is 366 g/mol. The smallest absolute Gasteiger partial charge is 0.407 e. The van der Waals surface area contributed by atoms with Gasteiger partial charge in [0, 0.05) is 0 Å². The van der Waals surface area contributed by atoms with Gasteiger partial charge in [0.15, 0.2) is 9.84 Å². The Kier molecular flexibility index (Phi) is 4.65. The van der Waals surface area contributed by atoms with Crippen molar-refractivity contribution >= 4 is 47.8 Å². The van der Waals surface area contributed by atoms with Crippen molar-refractivity contribution in [3.8, 4) is 0 Å². The van der Waals surface area contributed by atoms with E-state index in [9.17, 15) is 13.2 Å². The van der Waals surface area contributed by atoms with E-state index in [1.807, 2.05) is 0 Å². The van der Waals surface area contributed by atoms with E-state index >= 15 is 0 Å². The number of carbonyl (C=O) groups excluding carboxylic acids is 1. The van der Waals surface area contributed by atoms with Crippen LogP contribution in [0.1, 0.15) is 13.3 Å². The SMILES string of the molecule is CC1(NC(=O)OCC(Br)Br)CCS(=O)(=O)C1. The fraction of sp³-hybridized carbons (Fsp3) is 0.875. The Bertz CT molecular complexity index is 370. The molecule has 1 heterocycles. The first-order valence-corrected chi connectivity index (χ1v) is 8.31. The number of sulfone groups is 1. The van der Waals surface area contributed by atoms with Gasteiger partial charge in [0.25, 0.3) is 0 Å². The fourth-order valence-corrected chi connectivity index (χ4v) is 3.89. The number of rotatable bonds is 3. The molecule has 8 heteroatoms. The third-order valence-electron chi connectivity index (χ3n) is 2.25. The Morgan fingerprint density at radius 1 is 1.56 bits per heavy atom. The van der Waals surface area contributed by atoms with E-state index in [-0.39, 0.29) is 21.8 Å². The van der Waals surface area contributed by atoms with Gasteiger partial charge in [0.2, 0.25) is 0 Å². The van der Waals surface area contributed by atoms with Crippen molar-refractivity contribution in [3.05, 3.63) is 0 Å². The second kappa shape index (κ2) is 5.22. The minimum absolute atomic E-state index is 0.0266. The summed E-state index contributed by atoms with van der Waals surface area (Å²) in [5.41, 5.74) is -0.704. The van der Waals surface area contributed by atoms with Crippen LogP contribution in [0.15, 0.2) is 0 Å². The molecule has 1 fully saturated rings. The highest BCUT2D eigenvalue weighted by Crippen LogP contribution is 2.22. The van der Waals surface area contributed by atoms with E-state index in [1.165, 1.54) is 0 Å². The lowest BCUT2D eigenvalue weighted by atomic mass is 10.0. The molecular formula is C8H13Br2NO4S. The first kappa shape index (κ1) is 14.2. The van der Waals surface area contributed by atoms with E-state index in [2.05, 4.69) is 37.2 Å². The normalized spacial score (nSPS) is 28.0. The zero-order chi connectivity index (χ0) is 12.4. The van der Waals surface area contributed by atoms with Crippen LogP contribution in [0.4, 0.5) is 4.79 Å². The molecule has 0 aromatic heterocycles. The molecule has 0 saturated carbocycles. The summed E-state index contributed by atoms with van der Waals surface area (Å²) in [5, 5.41) is 2.58. The van der Waals surface area contributed by atoms with E-state index in [0.29, 0.717) is 6.42 Å². The molecule has 0 aromatic rings. The zero-order valence-corrected chi connectivity index (χ0v) is 12.7. The summed E-state index contributed by atoms with van der Waals surface area (Å²) in [5.74, 6) is 0.0877. The molecule has 0 radical (unpaired) electrons. The predicted octanol–water partition coefficient (Wildman–Crippen LogP) is 1.41. The molecule has 0 bridgehead atoms. The molecule has 0 aliphatic carbocycles. The first-order chi connectivity index (χ1) is 7.22. The fourth-order valence-electron chi connectivity index (χ4n) is 1.53. The second-order valence-corrected chi connectivity index (χ2v) is 9.64. The number of ether oxygens (including phenoxy) is 1. The molecule has 1 rings (SSSR count). The average Bonchev–Trinajstić information content (AvgIpc) is 2.37. The van der Waals surface area contributed by atoms with Crippen molar-refractivity contribution in [1.82, 2.24) is 5.32 Å². The molecule has 1 amide bonds. The number of carbonyl (C=O) groups is 1. The number of hydrogen-bond acceptors (Lipinski definition) is 4. The van der Waals surface area contributed by atoms with Crippen molar-refractivity contribution < 1.29 is 17.9 Å². The molecule has 0 aromatic carbocycles. The second-order valence-electron chi connectivity index (χ2n) is 4.02. The van der Waals surface area contributed by atoms with Gasteiger partial charge in [-0.05, 0) is 13.3 Å². The van der Waals surface area contributed by atoms with Crippen LogP contribution >= 0.6 is 31.9 Å². The molecule has 1 aliphatic rings. The van der Waals surface area contributed by atoms with E-state index < -0.39 is 21.5 Å². The predicted molar refractivity (Wildman–Crippen MR) is 67.8 cm³/mol. The minimum Gasteiger partial charge on any atom is -0.447 e. The van der Waals surface area contributed by atoms with Crippen LogP contribution in [0, 0.1) is 0 Å². The first-order valence-electron chi connectivity index (χ1n) is 4.66. The number of alkyl carbamates (subject to hydrolysis) is 1. The Hall–Kier alpha value is 0.180. The monoisotopic (exact) mass is 377 g/mol. The lowest BCUT2D eigenvalue weighted by Gasteiger charge is -2.23. The van der Waals surface area contributed by atoms with Crippen LogP contribution < -0.4 is 5.32 Å². The quantitative estimate of drug-likeness (QED) is 0.753. The number of halogens is 2. The summed E-state index contributed by atoms with van der Waals surface area (Å²) in [6.45, 7) is 1.88. The van der Waals surface area contributed by atoms with E-state index in [4.69, 9.17) is 4.74 Å². The van der Waals surface area contributed by atoms with Gasteiger partial charge in [-0.1, -0.05) is 31.9 Å². The van der Waals surface area contributed by atoms with Gasteiger partial charge in [-0.2, -0.15) is 0 Å². The summed E-state index contributed by atoms with van der Waals surface area (Å²) in [4.78, 5) is 11.3. The van der Waals surface area contributed by atoms with Gasteiger partial charge in [-0.3, -0.25) is 0 Å². The van der Waals surface area contributed by atoms with Crippen molar-refractivity contribution in [1.29, 1.82) is 0 Å². The highest BCUT2D eigenvalue weighted by molar-refractivity contribution is 9.24. The summed E-state index contributed by atoms with van der Waals surface area (Å²) < 4.78 is 27.3. The number of nitrogens with one attached hydrogen (secondary N) is 1. The Labute approximate surface area is 111 Å². The van der Waals surface area contributed by atoms with Crippen molar-refractivity contribution in [2.75, 3.05) is 18.1 Å². The summed E-state index contributed by atoms with van der Waals surface area (Å²) in [7, 11) is -3.02. The lowest BCUT2D eigenvalue weighted by molar-refractivity contribution is 0.142. The van der Waals surface area contributed by atoms with Gasteiger partial charge in [-0.25, -0.2) is 13.2 Å². The zero-order valence-electron chi connectivity index (χ0n) is 8.70. The topological polar surface area (TPSA) is 72.5 Å². The van der Waals surface area contributed by atoms with Gasteiger partial charge in [-0.15, -0.1) is 0 Å². The van der Waals surface area contributed by atoms with Crippen LogP contribution in [-0.4, -0.2) is 41.9 Å². The van der Waals surface area contributed by atoms with E-state index in [1.54, 1.807) is 6.92 Å². The van der Waals surface area contributed by atoms with Gasteiger partial charge < -0.3 is 10.1 Å². The lowest BCUT2D eigenvalue weighted by Crippen LogP contribution is -2.47. The van der Waals surface area contributed by atoms with Gasteiger partial charge in [0.1, 0.15) is 10.3 Å². The molecule has 1 atom stereocenters. The molecule has 1 aliphatic heterocycles. The Morgan fingerprint density at radius 2 is 2.19 bits per heavy atom. The van der Waals surface area contributed by atoms with Crippen LogP contribution in [0.2, 0.25) is 0 Å². The summed E-state index contributed by atoms with van der Waals surface area (Å²) >= 11 is 6.33. The van der Waals surface area contributed by atoms with Crippen LogP contribution in [0.3, 0.4) is 0 Å². The van der Waals surface area contributed by atoms with Crippen molar-refractivity contribution in [3.63, 3.8) is 0 Å².